The van der Waals surface area contributed by atoms with Gasteiger partial charge in [0.25, 0.3) is 5.56 Å². The Bertz CT molecular complexity index is 1020. The van der Waals surface area contributed by atoms with Crippen LogP contribution in [0.3, 0.4) is 0 Å². The van der Waals surface area contributed by atoms with Gasteiger partial charge < -0.3 is 9.80 Å². The van der Waals surface area contributed by atoms with Crippen LogP contribution in [0.5, 0.6) is 0 Å². The highest BCUT2D eigenvalue weighted by atomic mass is 19.4. The van der Waals surface area contributed by atoms with Crippen molar-refractivity contribution in [1.29, 1.82) is 0 Å². The average Bonchev–Trinajstić information content (AvgIpc) is 3.22. The molecule has 2 aromatic rings. The van der Waals surface area contributed by atoms with Crippen LogP contribution in [0.25, 0.3) is 0 Å². The second-order valence-electron chi connectivity index (χ2n) is 7.86. The van der Waals surface area contributed by atoms with Gasteiger partial charge in [0.05, 0.1) is 24.5 Å². The van der Waals surface area contributed by atoms with Crippen LogP contribution in [0.1, 0.15) is 30.1 Å². The predicted octanol–water partition coefficient (Wildman–Crippen LogP) is 1.81. The highest BCUT2D eigenvalue weighted by Gasteiger charge is 2.37. The van der Waals surface area contributed by atoms with E-state index in [4.69, 9.17) is 0 Å². The van der Waals surface area contributed by atoms with Gasteiger partial charge in [0.2, 0.25) is 5.91 Å². The fraction of sp³-hybridized carbons (Fsp3) is 0.500. The molecule has 2 aliphatic rings. The third kappa shape index (κ3) is 4.74. The maximum Gasteiger partial charge on any atom is 0.421 e. The monoisotopic (exact) mass is 454 g/mol. The number of alkyl halides is 3. The minimum Gasteiger partial charge on any atom is -0.353 e. The molecular weight excluding hydrogens is 432 g/mol. The number of hydrogen-bond acceptors (Lipinski definition) is 6. The summed E-state index contributed by atoms with van der Waals surface area (Å²) in [4.78, 5) is 33.9. The van der Waals surface area contributed by atoms with E-state index in [1.54, 1.807) is 15.9 Å². The molecule has 1 unspecified atom stereocenters. The van der Waals surface area contributed by atoms with Crippen LogP contribution in [-0.2, 0) is 11.0 Å². The van der Waals surface area contributed by atoms with E-state index in [1.165, 1.54) is 6.07 Å². The van der Waals surface area contributed by atoms with Crippen molar-refractivity contribution in [3.8, 4) is 0 Å². The Morgan fingerprint density at radius 2 is 1.91 bits per heavy atom. The smallest absolute Gasteiger partial charge is 0.353 e. The highest BCUT2D eigenvalue weighted by Crippen LogP contribution is 2.33. The number of nitrogens with one attached hydrogen (secondary N) is 1. The third-order valence-electron chi connectivity index (χ3n) is 5.84. The molecule has 1 amide bonds. The highest BCUT2D eigenvalue weighted by molar-refractivity contribution is 5.78. The average molecular weight is 454 g/mol. The SMILES string of the molecule is O=C(CN1CCCC1c1cc(C(F)(F)F)c(=O)[nH]n1)N1CCN(c2ccc(F)cn2)CC1. The normalized spacial score (nSPS) is 20.1. The number of H-pyrrole nitrogens is 1. The number of rotatable bonds is 4. The van der Waals surface area contributed by atoms with Crippen LogP contribution in [0.15, 0.2) is 29.2 Å². The molecule has 0 bridgehead atoms. The number of pyridine rings is 1. The Balaban J connectivity index is 1.38. The molecule has 2 fully saturated rings. The Morgan fingerprint density at radius 3 is 2.56 bits per heavy atom. The molecule has 0 saturated carbocycles. The molecule has 0 radical (unpaired) electrons. The number of halogens is 4. The lowest BCUT2D eigenvalue weighted by Crippen LogP contribution is -2.51. The quantitative estimate of drug-likeness (QED) is 0.710. The van der Waals surface area contributed by atoms with Crippen LogP contribution in [-0.4, -0.2) is 70.2 Å². The van der Waals surface area contributed by atoms with Crippen LogP contribution < -0.4 is 10.5 Å². The first kappa shape index (κ1) is 22.2. The van der Waals surface area contributed by atoms with Crippen molar-refractivity contribution in [3.05, 3.63) is 51.8 Å². The van der Waals surface area contributed by atoms with E-state index < -0.39 is 29.2 Å². The number of nitrogens with zero attached hydrogens (tertiary/aromatic N) is 5. The number of piperazine rings is 1. The first-order chi connectivity index (χ1) is 15.2. The largest absolute Gasteiger partial charge is 0.421 e. The Hall–Kier alpha value is -3.02. The minimum atomic E-state index is -4.77. The van der Waals surface area contributed by atoms with Gasteiger partial charge >= 0.3 is 6.18 Å². The first-order valence-corrected chi connectivity index (χ1v) is 10.3. The molecule has 0 aromatic carbocycles. The van der Waals surface area contributed by atoms with Crippen molar-refractivity contribution in [3.63, 3.8) is 0 Å². The summed E-state index contributed by atoms with van der Waals surface area (Å²) in [5.74, 6) is 0.105. The molecule has 1 N–H and O–H groups in total. The van der Waals surface area contributed by atoms with Crippen LogP contribution >= 0.6 is 0 Å². The van der Waals surface area contributed by atoms with Gasteiger partial charge in [0.15, 0.2) is 0 Å². The van der Waals surface area contributed by atoms with Gasteiger partial charge in [-0.2, -0.15) is 18.3 Å². The van der Waals surface area contributed by atoms with E-state index in [0.29, 0.717) is 51.4 Å². The van der Waals surface area contributed by atoms with Gasteiger partial charge in [-0.15, -0.1) is 0 Å². The summed E-state index contributed by atoms with van der Waals surface area (Å²) >= 11 is 0. The second-order valence-corrected chi connectivity index (χ2v) is 7.86. The van der Waals surface area contributed by atoms with Crippen molar-refractivity contribution in [2.45, 2.75) is 25.1 Å². The van der Waals surface area contributed by atoms with Crippen molar-refractivity contribution in [2.75, 3.05) is 44.2 Å². The number of hydrogen-bond donors (Lipinski definition) is 1. The summed E-state index contributed by atoms with van der Waals surface area (Å²) in [5, 5.41) is 5.74. The van der Waals surface area contributed by atoms with Crippen LogP contribution in [0.4, 0.5) is 23.4 Å². The molecule has 172 valence electrons. The van der Waals surface area contributed by atoms with E-state index in [9.17, 15) is 27.2 Å². The molecule has 4 rings (SSSR count). The lowest BCUT2D eigenvalue weighted by molar-refractivity contribution is -0.139. The number of carbonyl (C=O) groups excluding carboxylic acids is 1. The Morgan fingerprint density at radius 1 is 1.16 bits per heavy atom. The molecule has 12 heteroatoms. The third-order valence-corrected chi connectivity index (χ3v) is 5.84. The second kappa shape index (κ2) is 8.85. The Kier molecular flexibility index (Phi) is 6.13. The van der Waals surface area contributed by atoms with Gasteiger partial charge in [-0.25, -0.2) is 14.5 Å². The number of aromatic amines is 1. The molecule has 0 spiro atoms. The topological polar surface area (TPSA) is 85.4 Å². The maximum atomic E-state index is 13.1. The van der Waals surface area contributed by atoms with Crippen molar-refractivity contribution >= 4 is 11.7 Å². The zero-order valence-corrected chi connectivity index (χ0v) is 17.1. The molecular formula is C20H22F4N6O2. The van der Waals surface area contributed by atoms with Crippen molar-refractivity contribution in [1.82, 2.24) is 25.0 Å². The van der Waals surface area contributed by atoms with Gasteiger partial charge in [0, 0.05) is 26.2 Å². The molecule has 2 saturated heterocycles. The lowest BCUT2D eigenvalue weighted by atomic mass is 10.1. The summed E-state index contributed by atoms with van der Waals surface area (Å²) in [6.45, 7) is 2.63. The minimum absolute atomic E-state index is 0.0572. The molecule has 1 atom stereocenters. The predicted molar refractivity (Wildman–Crippen MR) is 106 cm³/mol. The van der Waals surface area contributed by atoms with Crippen LogP contribution in [0.2, 0.25) is 0 Å². The van der Waals surface area contributed by atoms with E-state index in [-0.39, 0.29) is 18.1 Å². The molecule has 32 heavy (non-hydrogen) atoms. The summed E-state index contributed by atoms with van der Waals surface area (Å²) in [6.07, 6.45) is -2.36. The van der Waals surface area contributed by atoms with Crippen LogP contribution in [0, 0.1) is 5.82 Å². The van der Waals surface area contributed by atoms with Gasteiger partial charge in [-0.05, 0) is 37.6 Å². The number of amides is 1. The van der Waals surface area contributed by atoms with Crippen molar-refractivity contribution < 1.29 is 22.4 Å². The number of anilines is 1. The van der Waals surface area contributed by atoms with E-state index in [2.05, 4.69) is 10.1 Å². The van der Waals surface area contributed by atoms with E-state index in [0.717, 1.165) is 12.3 Å². The number of aromatic nitrogens is 3. The number of likely N-dealkylation sites (tertiary alicyclic amines) is 1. The summed E-state index contributed by atoms with van der Waals surface area (Å²) in [5.41, 5.74) is -2.46. The standard InChI is InChI=1S/C20H22F4N6O2/c21-13-3-4-17(25-11-13)28-6-8-29(9-7-28)18(31)12-30-5-1-2-16(30)15-10-14(20(22,23)24)19(32)27-26-15/h3-4,10-11,16H,1-2,5-9,12H2,(H,27,32). The lowest BCUT2D eigenvalue weighted by Gasteiger charge is -2.36. The molecule has 0 aliphatic carbocycles. The maximum absolute atomic E-state index is 13.1. The summed E-state index contributed by atoms with van der Waals surface area (Å²) < 4.78 is 52.3. The summed E-state index contributed by atoms with van der Waals surface area (Å²) in [6, 6.07) is 3.23. The molecule has 8 nitrogen and oxygen atoms in total. The molecule has 2 aliphatic heterocycles. The summed E-state index contributed by atoms with van der Waals surface area (Å²) in [7, 11) is 0. The zero-order chi connectivity index (χ0) is 22.9. The fourth-order valence-electron chi connectivity index (χ4n) is 4.17. The van der Waals surface area contributed by atoms with Crippen molar-refractivity contribution in [2.24, 2.45) is 0 Å². The molecule has 4 heterocycles. The van der Waals surface area contributed by atoms with E-state index >= 15 is 0 Å². The van der Waals surface area contributed by atoms with E-state index in [1.807, 2.05) is 10.00 Å². The first-order valence-electron chi connectivity index (χ1n) is 10.3. The number of carbonyl (C=O) groups is 1. The van der Waals surface area contributed by atoms with Gasteiger partial charge in [-0.1, -0.05) is 0 Å². The fourth-order valence-corrected chi connectivity index (χ4v) is 4.17. The van der Waals surface area contributed by atoms with Gasteiger partial charge in [0.1, 0.15) is 17.2 Å². The molecule has 2 aromatic heterocycles. The van der Waals surface area contributed by atoms with Gasteiger partial charge in [-0.3, -0.25) is 14.5 Å². The Labute approximate surface area is 180 Å². The zero-order valence-electron chi connectivity index (χ0n) is 17.1.